The molecule has 0 spiro atoms. The summed E-state index contributed by atoms with van der Waals surface area (Å²) in [5, 5.41) is 2.33. The molecule has 1 aliphatic rings. The first-order valence-corrected chi connectivity index (χ1v) is 20.6. The van der Waals surface area contributed by atoms with Crippen molar-refractivity contribution in [1.29, 1.82) is 0 Å². The van der Waals surface area contributed by atoms with Gasteiger partial charge in [0, 0.05) is 6.20 Å². The van der Waals surface area contributed by atoms with Crippen molar-refractivity contribution in [2.45, 2.75) is 85.5 Å². The number of fused-ring (bicyclic) bond motifs is 5. The van der Waals surface area contributed by atoms with Crippen molar-refractivity contribution in [2.24, 2.45) is 5.41 Å². The SMILES string of the molecule is Cc1ccc(-n2[c](=[Pt])n(-c3[c-]c(Oc4[c-]c5c(cc4)c4cc6c(cc4n5-c4cc(C(C)(C)C)ccn4)C(C)(C)C(C)(C)C6(C)C)ccc3)c3ccccc32)cc1. The summed E-state index contributed by atoms with van der Waals surface area (Å²) in [4.78, 5) is 4.99. The Kier molecular flexibility index (Phi) is 8.18. The predicted molar refractivity (Wildman–Crippen MR) is 225 cm³/mol. The van der Waals surface area contributed by atoms with Gasteiger partial charge in [-0.15, -0.1) is 0 Å². The van der Waals surface area contributed by atoms with E-state index in [-0.39, 0.29) is 21.7 Å². The molecule has 5 nitrogen and oxygen atoms in total. The van der Waals surface area contributed by atoms with Gasteiger partial charge in [0.05, 0.1) is 0 Å². The first-order chi connectivity index (χ1) is 26.5. The van der Waals surface area contributed by atoms with Gasteiger partial charge in [-0.3, -0.25) is 0 Å². The predicted octanol–water partition coefficient (Wildman–Crippen LogP) is 12.6. The molecule has 9 rings (SSSR count). The second kappa shape index (κ2) is 12.5. The van der Waals surface area contributed by atoms with Crippen LogP contribution in [0.2, 0.25) is 0 Å². The number of hydrogen-bond donors (Lipinski definition) is 0. The first kappa shape index (κ1) is 36.6. The van der Waals surface area contributed by atoms with Crippen LogP contribution in [0.4, 0.5) is 0 Å². The summed E-state index contributed by atoms with van der Waals surface area (Å²) in [6.45, 7) is 23.3. The van der Waals surface area contributed by atoms with Crippen LogP contribution in [-0.4, -0.2) is 18.7 Å². The normalized spacial score (nSPS) is 15.9. The van der Waals surface area contributed by atoms with Gasteiger partial charge in [-0.2, -0.15) is 0 Å². The Morgan fingerprint density at radius 2 is 1.30 bits per heavy atom. The number of ether oxygens (including phenoxy) is 1. The number of nitrogens with zero attached hydrogens (tertiary/aromatic N) is 4. The van der Waals surface area contributed by atoms with Crippen LogP contribution >= 0.6 is 0 Å². The standard InChI is InChI=1S/C50H48N4O.Pt/c1-32-18-20-34(21-19-32)52-31-53(43-17-12-11-16-42(43)52)35-14-13-15-36(27-35)55-37-22-23-38-39-29-40-41(49(7,8)50(9,10)48(40,5)6)30-45(39)54(44(38)28-37)46-26-33(24-25-51-46)47(2,3)4;/h11-26,29-30H,1-10H3;/q-2;. The van der Waals surface area contributed by atoms with E-state index >= 15 is 0 Å². The minimum atomic E-state index is -0.0386. The second-order valence-electron chi connectivity index (χ2n) is 18.1. The molecule has 0 saturated heterocycles. The zero-order valence-electron chi connectivity index (χ0n) is 33.9. The molecule has 3 aromatic heterocycles. The van der Waals surface area contributed by atoms with Gasteiger partial charge in [0.25, 0.3) is 0 Å². The molecule has 0 bridgehead atoms. The minimum absolute atomic E-state index is 0.0191. The quantitative estimate of drug-likeness (QED) is 0.161. The molecular weight excluding hydrogens is 868 g/mol. The fraction of sp³-hybridized carbons (Fsp3) is 0.280. The van der Waals surface area contributed by atoms with Gasteiger partial charge in [0.2, 0.25) is 0 Å². The van der Waals surface area contributed by atoms with E-state index < -0.39 is 0 Å². The van der Waals surface area contributed by atoms with Crippen LogP contribution in [0, 0.1) is 28.3 Å². The van der Waals surface area contributed by atoms with Gasteiger partial charge in [-0.1, -0.05) is 62.3 Å². The first-order valence-electron chi connectivity index (χ1n) is 19.5. The maximum absolute atomic E-state index is 6.68. The Balaban J connectivity index is 1.20. The van der Waals surface area contributed by atoms with Crippen LogP contribution in [0.5, 0.6) is 11.5 Å². The molecule has 56 heavy (non-hydrogen) atoms. The third-order valence-corrected chi connectivity index (χ3v) is 14.3. The van der Waals surface area contributed by atoms with Crippen LogP contribution in [0.25, 0.3) is 50.0 Å². The van der Waals surface area contributed by atoms with E-state index in [9.17, 15) is 0 Å². The van der Waals surface area contributed by atoms with Crippen molar-refractivity contribution < 1.29 is 24.1 Å². The number of pyridine rings is 1. The van der Waals surface area contributed by atoms with Crippen LogP contribution in [0.15, 0.2) is 109 Å². The molecule has 1 aliphatic carbocycles. The van der Waals surface area contributed by atoms with Crippen LogP contribution in [-0.2, 0) is 35.6 Å². The Bertz CT molecular complexity index is 2930. The Morgan fingerprint density at radius 1 is 0.643 bits per heavy atom. The van der Waals surface area contributed by atoms with Gasteiger partial charge in [0.15, 0.2) is 0 Å². The average molecular weight is 916 g/mol. The summed E-state index contributed by atoms with van der Waals surface area (Å²) in [6, 6.07) is 44.0. The van der Waals surface area contributed by atoms with Crippen molar-refractivity contribution >= 4 is 32.8 Å². The molecule has 0 radical (unpaired) electrons. The summed E-state index contributed by atoms with van der Waals surface area (Å²) in [7, 11) is 0. The molecule has 5 aromatic carbocycles. The van der Waals surface area contributed by atoms with Gasteiger partial charge in [0.1, 0.15) is 0 Å². The van der Waals surface area contributed by atoms with Crippen LogP contribution in [0.3, 0.4) is 0 Å². The zero-order chi connectivity index (χ0) is 39.5. The average Bonchev–Trinajstić information content (AvgIpc) is 3.67. The number of aromatic nitrogens is 4. The molecular formula is C50H48N4OPt-2. The molecule has 3 heterocycles. The molecule has 8 aromatic rings. The van der Waals surface area contributed by atoms with E-state index in [1.165, 1.54) is 27.6 Å². The van der Waals surface area contributed by atoms with Crippen molar-refractivity contribution in [3.63, 3.8) is 0 Å². The van der Waals surface area contributed by atoms with E-state index in [1.54, 1.807) is 0 Å². The summed E-state index contributed by atoms with van der Waals surface area (Å²) >= 11 is 2.42. The molecule has 286 valence electrons. The molecule has 0 fully saturated rings. The fourth-order valence-electron chi connectivity index (χ4n) is 8.78. The fourth-order valence-corrected chi connectivity index (χ4v) is 9.90. The molecule has 6 heteroatoms. The van der Waals surface area contributed by atoms with Gasteiger partial charge >= 0.3 is 230 Å². The van der Waals surface area contributed by atoms with Crippen molar-refractivity contribution in [3.05, 3.63) is 148 Å². The molecule has 0 amide bonds. The van der Waals surface area contributed by atoms with Crippen molar-refractivity contribution in [1.82, 2.24) is 18.7 Å². The topological polar surface area (TPSA) is 36.9 Å². The number of rotatable bonds is 5. The van der Waals surface area contributed by atoms with Crippen LogP contribution in [0.1, 0.15) is 84.6 Å². The number of imidazole rings is 1. The Morgan fingerprint density at radius 3 is 2.00 bits per heavy atom. The molecule has 0 N–H and O–H groups in total. The zero-order valence-corrected chi connectivity index (χ0v) is 36.2. The Labute approximate surface area is 341 Å². The van der Waals surface area contributed by atoms with Crippen molar-refractivity contribution in [2.75, 3.05) is 0 Å². The van der Waals surface area contributed by atoms with E-state index in [0.717, 1.165) is 48.5 Å². The number of aryl methyl sites for hydroxylation is 1. The summed E-state index contributed by atoms with van der Waals surface area (Å²) < 4.78 is 14.5. The van der Waals surface area contributed by atoms with Gasteiger partial charge < -0.3 is 0 Å². The summed E-state index contributed by atoms with van der Waals surface area (Å²) in [6.07, 6.45) is 1.94. The summed E-state index contributed by atoms with van der Waals surface area (Å²) in [5.41, 5.74) is 11.5. The molecule has 0 unspecified atom stereocenters. The van der Waals surface area contributed by atoms with E-state index in [4.69, 9.17) is 9.72 Å². The number of para-hydroxylation sites is 2. The monoisotopic (exact) mass is 915 g/mol. The molecule has 0 saturated carbocycles. The van der Waals surface area contributed by atoms with E-state index in [2.05, 4.69) is 199 Å². The second-order valence-corrected chi connectivity index (χ2v) is 19.1. The number of hydrogen-bond acceptors (Lipinski definition) is 2. The Hall–Kier alpha value is -4.99. The van der Waals surface area contributed by atoms with E-state index in [0.29, 0.717) is 11.5 Å². The maximum atomic E-state index is 6.68. The van der Waals surface area contributed by atoms with Gasteiger partial charge in [-0.05, 0) is 44.4 Å². The van der Waals surface area contributed by atoms with Gasteiger partial charge in [-0.25, -0.2) is 0 Å². The van der Waals surface area contributed by atoms with E-state index in [1.807, 2.05) is 24.4 Å². The number of benzene rings is 5. The van der Waals surface area contributed by atoms with Crippen molar-refractivity contribution in [3.8, 4) is 28.7 Å². The molecule has 0 aliphatic heterocycles. The third-order valence-electron chi connectivity index (χ3n) is 13.3. The third kappa shape index (κ3) is 5.37. The van der Waals surface area contributed by atoms with Crippen LogP contribution < -0.4 is 4.74 Å². The molecule has 0 atom stereocenters. The summed E-state index contributed by atoms with van der Waals surface area (Å²) in [5.74, 6) is 2.12.